The van der Waals surface area contributed by atoms with E-state index in [2.05, 4.69) is 10.6 Å². The van der Waals surface area contributed by atoms with Crippen LogP contribution < -0.4 is 15.5 Å². The van der Waals surface area contributed by atoms with Crippen LogP contribution >= 0.6 is 0 Å². The molecule has 2 aliphatic rings. The van der Waals surface area contributed by atoms with Crippen molar-refractivity contribution in [2.75, 3.05) is 31.1 Å². The van der Waals surface area contributed by atoms with Crippen LogP contribution in [0.25, 0.3) is 0 Å². The Hall–Kier alpha value is -2.35. The Morgan fingerprint density at radius 1 is 1.26 bits per heavy atom. The zero-order chi connectivity index (χ0) is 19.4. The van der Waals surface area contributed by atoms with Crippen LogP contribution in [0.2, 0.25) is 0 Å². The molecular weight excluding hydrogens is 351 g/mol. The third-order valence-corrected chi connectivity index (χ3v) is 5.43. The number of likely N-dealkylation sites (N-methyl/N-ethyl adjacent to an activating group) is 1. The van der Waals surface area contributed by atoms with Crippen LogP contribution in [0.3, 0.4) is 0 Å². The first-order valence-electron chi connectivity index (χ1n) is 9.48. The molecule has 27 heavy (non-hydrogen) atoms. The first-order valence-corrected chi connectivity index (χ1v) is 9.48. The predicted octanol–water partition coefficient (Wildman–Crippen LogP) is 1.64. The van der Waals surface area contributed by atoms with Gasteiger partial charge in [-0.1, -0.05) is 19.1 Å². The molecule has 1 unspecified atom stereocenters. The molecule has 3 N–H and O–H groups in total. The van der Waals surface area contributed by atoms with E-state index in [4.69, 9.17) is 5.11 Å². The number of anilines is 1. The summed E-state index contributed by atoms with van der Waals surface area (Å²) < 4.78 is 13.9. The number of nitrogens with zero attached hydrogens (tertiary/aromatic N) is 2. The van der Waals surface area contributed by atoms with Crippen molar-refractivity contribution in [2.45, 2.75) is 44.3 Å². The van der Waals surface area contributed by atoms with Crippen LogP contribution in [-0.2, 0) is 4.79 Å². The number of benzene rings is 1. The second-order valence-electron chi connectivity index (χ2n) is 7.28. The fourth-order valence-electron chi connectivity index (χ4n) is 3.89. The molecular formula is C19H27FN4O3. The number of halogens is 1. The number of urea groups is 1. The first-order chi connectivity index (χ1) is 13.0. The summed E-state index contributed by atoms with van der Waals surface area (Å²) >= 11 is 0. The molecule has 1 aliphatic heterocycles. The van der Waals surface area contributed by atoms with Crippen LogP contribution in [0, 0.1) is 5.82 Å². The lowest BCUT2D eigenvalue weighted by atomic mass is 9.85. The molecule has 1 saturated carbocycles. The molecule has 0 radical (unpaired) electrons. The molecule has 0 aromatic heterocycles. The van der Waals surface area contributed by atoms with Crippen molar-refractivity contribution in [3.63, 3.8) is 0 Å². The average Bonchev–Trinajstić information content (AvgIpc) is 3.04. The van der Waals surface area contributed by atoms with E-state index >= 15 is 0 Å². The van der Waals surface area contributed by atoms with Crippen molar-refractivity contribution >= 4 is 17.7 Å². The van der Waals surface area contributed by atoms with Gasteiger partial charge in [0.25, 0.3) is 0 Å². The summed E-state index contributed by atoms with van der Waals surface area (Å²) in [5.41, 5.74) is 0.571. The van der Waals surface area contributed by atoms with E-state index in [0.717, 1.165) is 19.3 Å². The summed E-state index contributed by atoms with van der Waals surface area (Å²) in [6, 6.07) is 6.73. The van der Waals surface area contributed by atoms with Gasteiger partial charge in [0.1, 0.15) is 5.82 Å². The van der Waals surface area contributed by atoms with E-state index in [1.807, 2.05) is 22.8 Å². The average molecular weight is 378 g/mol. The molecule has 2 fully saturated rings. The molecule has 3 rings (SSSR count). The summed E-state index contributed by atoms with van der Waals surface area (Å²) in [5, 5.41) is 14.8. The summed E-state index contributed by atoms with van der Waals surface area (Å²) in [6.45, 7) is 3.96. The third kappa shape index (κ3) is 4.88. The maximum Gasteiger partial charge on any atom is 0.317 e. The van der Waals surface area contributed by atoms with Gasteiger partial charge in [-0.2, -0.15) is 0 Å². The normalized spacial score (nSPS) is 24.6. The Morgan fingerprint density at radius 3 is 2.63 bits per heavy atom. The highest BCUT2D eigenvalue weighted by molar-refractivity contribution is 5.75. The van der Waals surface area contributed by atoms with Gasteiger partial charge in [-0.15, -0.1) is 0 Å². The topological polar surface area (TPSA) is 84.9 Å². The van der Waals surface area contributed by atoms with E-state index in [1.54, 1.807) is 12.1 Å². The number of carbonyl (C=O) groups excluding carboxylic acids is 1. The highest BCUT2D eigenvalue weighted by Gasteiger charge is 2.35. The van der Waals surface area contributed by atoms with Crippen molar-refractivity contribution < 1.29 is 19.1 Å². The minimum Gasteiger partial charge on any atom is -0.480 e. The second kappa shape index (κ2) is 8.56. The lowest BCUT2D eigenvalue weighted by molar-refractivity contribution is -0.139. The molecule has 1 saturated heterocycles. The van der Waals surface area contributed by atoms with Crippen LogP contribution in [-0.4, -0.2) is 66.3 Å². The van der Waals surface area contributed by atoms with Crippen molar-refractivity contribution in [3.05, 3.63) is 30.1 Å². The largest absolute Gasteiger partial charge is 0.480 e. The van der Waals surface area contributed by atoms with Crippen LogP contribution in [0.1, 0.15) is 26.2 Å². The predicted molar refractivity (Wildman–Crippen MR) is 100 cm³/mol. The second-order valence-corrected chi connectivity index (χ2v) is 7.28. The fraction of sp³-hybridized carbons (Fsp3) is 0.579. The van der Waals surface area contributed by atoms with Crippen LogP contribution in [0.15, 0.2) is 24.3 Å². The Labute approximate surface area is 158 Å². The molecule has 148 valence electrons. The van der Waals surface area contributed by atoms with E-state index < -0.39 is 5.97 Å². The molecule has 0 bridgehead atoms. The van der Waals surface area contributed by atoms with Gasteiger partial charge in [-0.3, -0.25) is 9.69 Å². The molecule has 8 heteroatoms. The number of amides is 2. The Balaban J connectivity index is 1.40. The zero-order valence-corrected chi connectivity index (χ0v) is 15.5. The SMILES string of the molecule is CCN(CC(=O)O)C1CC(NC(=O)NC2CCN(c3ccccc3F)C2)C1. The molecule has 1 atom stereocenters. The van der Waals surface area contributed by atoms with Gasteiger partial charge >= 0.3 is 12.0 Å². The third-order valence-electron chi connectivity index (χ3n) is 5.43. The van der Waals surface area contributed by atoms with E-state index in [-0.39, 0.29) is 36.5 Å². The number of carboxylic acids is 1. The van der Waals surface area contributed by atoms with E-state index in [1.165, 1.54) is 6.07 Å². The molecule has 1 heterocycles. The lowest BCUT2D eigenvalue weighted by Gasteiger charge is -2.42. The summed E-state index contributed by atoms with van der Waals surface area (Å²) in [5.74, 6) is -1.07. The van der Waals surface area contributed by atoms with Gasteiger partial charge in [0, 0.05) is 31.2 Å². The number of carbonyl (C=O) groups is 2. The Kier molecular flexibility index (Phi) is 6.15. The number of para-hydroxylation sites is 1. The molecule has 0 spiro atoms. The standard InChI is InChI=1S/C19H27FN4O3/c1-2-23(12-18(25)26)15-9-14(10-15)22-19(27)21-13-7-8-24(11-13)17-6-4-3-5-16(17)20/h3-6,13-15H,2,7-12H2,1H3,(H,25,26)(H2,21,22,27). The minimum atomic E-state index is -0.827. The lowest BCUT2D eigenvalue weighted by Crippen LogP contribution is -2.57. The van der Waals surface area contributed by atoms with Gasteiger partial charge in [0.05, 0.1) is 12.2 Å². The van der Waals surface area contributed by atoms with Gasteiger partial charge in [-0.25, -0.2) is 9.18 Å². The van der Waals surface area contributed by atoms with Crippen molar-refractivity contribution in [1.29, 1.82) is 0 Å². The summed E-state index contributed by atoms with van der Waals surface area (Å²) in [4.78, 5) is 26.9. The Bertz CT molecular complexity index is 681. The number of nitrogens with one attached hydrogen (secondary N) is 2. The van der Waals surface area contributed by atoms with Crippen molar-refractivity contribution in [1.82, 2.24) is 15.5 Å². The van der Waals surface area contributed by atoms with Crippen molar-refractivity contribution in [3.8, 4) is 0 Å². The smallest absolute Gasteiger partial charge is 0.317 e. The number of aliphatic carboxylic acids is 1. The quantitative estimate of drug-likeness (QED) is 0.672. The van der Waals surface area contributed by atoms with Gasteiger partial charge in [0.15, 0.2) is 0 Å². The first kappa shape index (κ1) is 19.4. The monoisotopic (exact) mass is 378 g/mol. The van der Waals surface area contributed by atoms with Crippen molar-refractivity contribution in [2.24, 2.45) is 0 Å². The molecule has 1 aliphatic carbocycles. The van der Waals surface area contributed by atoms with E-state index in [0.29, 0.717) is 25.3 Å². The van der Waals surface area contributed by atoms with Crippen LogP contribution in [0.4, 0.5) is 14.9 Å². The number of hydrogen-bond acceptors (Lipinski definition) is 4. The number of carboxylic acid groups (broad SMARTS) is 1. The Morgan fingerprint density at radius 2 is 1.96 bits per heavy atom. The van der Waals surface area contributed by atoms with E-state index in [9.17, 15) is 14.0 Å². The number of hydrogen-bond donors (Lipinski definition) is 3. The van der Waals surface area contributed by atoms with Gasteiger partial charge < -0.3 is 20.6 Å². The molecule has 1 aromatic carbocycles. The molecule has 7 nitrogen and oxygen atoms in total. The van der Waals surface area contributed by atoms with Gasteiger partial charge in [-0.05, 0) is 37.9 Å². The highest BCUT2D eigenvalue weighted by Crippen LogP contribution is 2.26. The summed E-state index contributed by atoms with van der Waals surface area (Å²) in [6.07, 6.45) is 2.30. The van der Waals surface area contributed by atoms with Gasteiger partial charge in [0.2, 0.25) is 0 Å². The maximum absolute atomic E-state index is 13.9. The minimum absolute atomic E-state index is 0.0142. The number of rotatable bonds is 7. The van der Waals surface area contributed by atoms with Crippen LogP contribution in [0.5, 0.6) is 0 Å². The summed E-state index contributed by atoms with van der Waals surface area (Å²) in [7, 11) is 0. The maximum atomic E-state index is 13.9. The zero-order valence-electron chi connectivity index (χ0n) is 15.5. The fourth-order valence-corrected chi connectivity index (χ4v) is 3.89. The molecule has 2 amide bonds. The molecule has 1 aromatic rings. The highest BCUT2D eigenvalue weighted by atomic mass is 19.1.